The molecule has 0 radical (unpaired) electrons. The number of ether oxygens (including phenoxy) is 2. The summed E-state index contributed by atoms with van der Waals surface area (Å²) in [5.41, 5.74) is 1.06. The summed E-state index contributed by atoms with van der Waals surface area (Å²) in [4.78, 5) is 4.47. The molecule has 0 aliphatic carbocycles. The van der Waals surface area contributed by atoms with Crippen LogP contribution in [-0.4, -0.2) is 30.8 Å². The minimum atomic E-state index is 0.244. The molecular weight excluding hydrogens is 252 g/mol. The zero-order valence-electron chi connectivity index (χ0n) is 12.6. The van der Waals surface area contributed by atoms with Gasteiger partial charge < -0.3 is 14.8 Å². The van der Waals surface area contributed by atoms with E-state index in [0.717, 1.165) is 37.4 Å². The molecule has 0 spiro atoms. The average Bonchev–Trinajstić information content (AvgIpc) is 2.52. The van der Waals surface area contributed by atoms with Gasteiger partial charge in [0.05, 0.1) is 18.0 Å². The maximum Gasteiger partial charge on any atom is 0.137 e. The van der Waals surface area contributed by atoms with E-state index in [4.69, 9.17) is 9.47 Å². The highest BCUT2D eigenvalue weighted by Crippen LogP contribution is 2.17. The smallest absolute Gasteiger partial charge is 0.137 e. The molecule has 0 aromatic carbocycles. The van der Waals surface area contributed by atoms with Gasteiger partial charge in [-0.3, -0.25) is 4.98 Å². The second-order valence-corrected chi connectivity index (χ2v) is 5.39. The molecule has 1 aromatic heterocycles. The normalized spacial score (nSPS) is 20.6. The first-order chi connectivity index (χ1) is 9.79. The maximum absolute atomic E-state index is 5.75. The van der Waals surface area contributed by atoms with Crippen LogP contribution in [0.15, 0.2) is 18.3 Å². The molecule has 1 N–H and O–H groups in total. The molecule has 2 rings (SSSR count). The number of hydrogen-bond donors (Lipinski definition) is 1. The fourth-order valence-electron chi connectivity index (χ4n) is 2.33. The lowest BCUT2D eigenvalue weighted by molar-refractivity contribution is -0.0111. The van der Waals surface area contributed by atoms with Crippen LogP contribution in [0.5, 0.6) is 5.75 Å². The van der Waals surface area contributed by atoms with Gasteiger partial charge in [-0.2, -0.15) is 0 Å². The van der Waals surface area contributed by atoms with Crippen molar-refractivity contribution in [3.05, 3.63) is 24.0 Å². The summed E-state index contributed by atoms with van der Waals surface area (Å²) < 4.78 is 11.4. The average molecular weight is 278 g/mol. The molecule has 0 bridgehead atoms. The van der Waals surface area contributed by atoms with Gasteiger partial charge in [-0.15, -0.1) is 0 Å². The topological polar surface area (TPSA) is 43.4 Å². The molecule has 20 heavy (non-hydrogen) atoms. The van der Waals surface area contributed by atoms with Crippen LogP contribution in [0.3, 0.4) is 0 Å². The number of nitrogens with zero attached hydrogens (tertiary/aromatic N) is 1. The van der Waals surface area contributed by atoms with Crippen molar-refractivity contribution in [3.63, 3.8) is 0 Å². The first kappa shape index (κ1) is 15.3. The van der Waals surface area contributed by atoms with E-state index in [0.29, 0.717) is 6.61 Å². The van der Waals surface area contributed by atoms with E-state index in [9.17, 15) is 0 Å². The standard InChI is InChI=1S/C16H26N2O2/c1-3-9-17-13(2)16-8-7-14(11-18-16)20-12-15-6-4-5-10-19-15/h7-8,11,13,15,17H,3-6,9-10,12H2,1-2H3. The number of aromatic nitrogens is 1. The summed E-state index contributed by atoms with van der Waals surface area (Å²) in [6.45, 7) is 6.81. The van der Waals surface area contributed by atoms with E-state index in [1.165, 1.54) is 12.8 Å². The van der Waals surface area contributed by atoms with Crippen molar-refractivity contribution in [2.24, 2.45) is 0 Å². The predicted molar refractivity (Wildman–Crippen MR) is 80.0 cm³/mol. The zero-order chi connectivity index (χ0) is 14.2. The molecule has 112 valence electrons. The fraction of sp³-hybridized carbons (Fsp3) is 0.688. The van der Waals surface area contributed by atoms with Gasteiger partial charge >= 0.3 is 0 Å². The van der Waals surface area contributed by atoms with Crippen LogP contribution in [0, 0.1) is 0 Å². The van der Waals surface area contributed by atoms with Crippen LogP contribution < -0.4 is 10.1 Å². The van der Waals surface area contributed by atoms with Crippen LogP contribution in [0.4, 0.5) is 0 Å². The lowest BCUT2D eigenvalue weighted by atomic mass is 10.1. The molecule has 0 saturated carbocycles. The lowest BCUT2D eigenvalue weighted by Crippen LogP contribution is -2.25. The largest absolute Gasteiger partial charge is 0.489 e. The number of pyridine rings is 1. The summed E-state index contributed by atoms with van der Waals surface area (Å²) in [5, 5.41) is 3.43. The van der Waals surface area contributed by atoms with Gasteiger partial charge in [-0.05, 0) is 51.3 Å². The Morgan fingerprint density at radius 3 is 3.00 bits per heavy atom. The monoisotopic (exact) mass is 278 g/mol. The molecule has 1 aromatic rings. The molecular formula is C16H26N2O2. The summed E-state index contributed by atoms with van der Waals surface area (Å²) in [5.74, 6) is 0.825. The highest BCUT2D eigenvalue weighted by atomic mass is 16.5. The highest BCUT2D eigenvalue weighted by Gasteiger charge is 2.14. The van der Waals surface area contributed by atoms with Gasteiger partial charge in [-0.1, -0.05) is 6.92 Å². The van der Waals surface area contributed by atoms with Gasteiger partial charge in [-0.25, -0.2) is 0 Å². The lowest BCUT2D eigenvalue weighted by Gasteiger charge is -2.22. The van der Waals surface area contributed by atoms with Crippen molar-refractivity contribution in [3.8, 4) is 5.75 Å². The SMILES string of the molecule is CCCNC(C)c1ccc(OCC2CCCCO2)cn1. The Balaban J connectivity index is 1.78. The van der Waals surface area contributed by atoms with Gasteiger partial charge in [0.1, 0.15) is 12.4 Å². The second kappa shape index (κ2) is 8.22. The fourth-order valence-corrected chi connectivity index (χ4v) is 2.33. The van der Waals surface area contributed by atoms with Crippen molar-refractivity contribution in [2.45, 2.75) is 51.7 Å². The third kappa shape index (κ3) is 4.76. The van der Waals surface area contributed by atoms with Crippen molar-refractivity contribution >= 4 is 0 Å². The Kier molecular flexibility index (Phi) is 6.27. The first-order valence-corrected chi connectivity index (χ1v) is 7.73. The van der Waals surface area contributed by atoms with E-state index in [2.05, 4.69) is 24.1 Å². The maximum atomic E-state index is 5.75. The predicted octanol–water partition coefficient (Wildman–Crippen LogP) is 3.09. The minimum Gasteiger partial charge on any atom is -0.489 e. The molecule has 2 heterocycles. The zero-order valence-corrected chi connectivity index (χ0v) is 12.6. The minimum absolute atomic E-state index is 0.244. The van der Waals surface area contributed by atoms with Crippen molar-refractivity contribution in [1.29, 1.82) is 0 Å². The van der Waals surface area contributed by atoms with Crippen LogP contribution in [0.1, 0.15) is 51.3 Å². The molecule has 4 heteroatoms. The second-order valence-electron chi connectivity index (χ2n) is 5.39. The van der Waals surface area contributed by atoms with Crippen molar-refractivity contribution in [1.82, 2.24) is 10.3 Å². The molecule has 1 aliphatic heterocycles. The van der Waals surface area contributed by atoms with E-state index in [-0.39, 0.29) is 12.1 Å². The third-order valence-corrected chi connectivity index (χ3v) is 3.61. The van der Waals surface area contributed by atoms with Gasteiger partial charge in [0, 0.05) is 12.6 Å². The van der Waals surface area contributed by atoms with E-state index in [1.54, 1.807) is 0 Å². The Bertz CT molecular complexity index is 375. The molecule has 2 atom stereocenters. The highest BCUT2D eigenvalue weighted by molar-refractivity contribution is 5.21. The van der Waals surface area contributed by atoms with Crippen LogP contribution in [0.25, 0.3) is 0 Å². The van der Waals surface area contributed by atoms with Gasteiger partial charge in [0.15, 0.2) is 0 Å². The van der Waals surface area contributed by atoms with Crippen LogP contribution in [-0.2, 0) is 4.74 Å². The van der Waals surface area contributed by atoms with E-state index in [1.807, 2.05) is 18.3 Å². The number of hydrogen-bond acceptors (Lipinski definition) is 4. The summed E-state index contributed by atoms with van der Waals surface area (Å²) >= 11 is 0. The van der Waals surface area contributed by atoms with Crippen LogP contribution >= 0.6 is 0 Å². The number of rotatable bonds is 7. The Labute approximate surface area is 121 Å². The van der Waals surface area contributed by atoms with E-state index < -0.39 is 0 Å². The first-order valence-electron chi connectivity index (χ1n) is 7.73. The molecule has 1 saturated heterocycles. The molecule has 1 fully saturated rings. The van der Waals surface area contributed by atoms with Crippen LogP contribution in [0.2, 0.25) is 0 Å². The Hall–Kier alpha value is -1.13. The van der Waals surface area contributed by atoms with Gasteiger partial charge in [0.2, 0.25) is 0 Å². The molecule has 4 nitrogen and oxygen atoms in total. The molecule has 2 unspecified atom stereocenters. The van der Waals surface area contributed by atoms with Gasteiger partial charge in [0.25, 0.3) is 0 Å². The van der Waals surface area contributed by atoms with Crippen molar-refractivity contribution in [2.75, 3.05) is 19.8 Å². The van der Waals surface area contributed by atoms with E-state index >= 15 is 0 Å². The Morgan fingerprint density at radius 1 is 1.45 bits per heavy atom. The summed E-state index contributed by atoms with van der Waals surface area (Å²) in [6, 6.07) is 4.31. The summed E-state index contributed by atoms with van der Waals surface area (Å²) in [6.07, 6.45) is 6.70. The third-order valence-electron chi connectivity index (χ3n) is 3.61. The Morgan fingerprint density at radius 2 is 2.35 bits per heavy atom. The quantitative estimate of drug-likeness (QED) is 0.832. The number of nitrogens with one attached hydrogen (secondary N) is 1. The summed E-state index contributed by atoms with van der Waals surface area (Å²) in [7, 11) is 0. The molecule has 0 amide bonds. The van der Waals surface area contributed by atoms with Crippen molar-refractivity contribution < 1.29 is 9.47 Å². The molecule has 1 aliphatic rings.